The zero-order valence-corrected chi connectivity index (χ0v) is 10.8. The maximum Gasteiger partial charge on any atom is 0.410 e. The van der Waals surface area contributed by atoms with Crippen LogP contribution >= 0.6 is 0 Å². The van der Waals surface area contributed by atoms with Gasteiger partial charge in [-0.25, -0.2) is 14.6 Å². The van der Waals surface area contributed by atoms with Crippen molar-refractivity contribution in [3.63, 3.8) is 0 Å². The van der Waals surface area contributed by atoms with Crippen molar-refractivity contribution in [1.29, 1.82) is 0 Å². The van der Waals surface area contributed by atoms with Gasteiger partial charge in [-0.05, 0) is 20.8 Å². The molecule has 1 aliphatic heterocycles. The highest BCUT2D eigenvalue weighted by molar-refractivity contribution is 5.68. The maximum atomic E-state index is 11.9. The molecule has 0 saturated carbocycles. The highest BCUT2D eigenvalue weighted by atomic mass is 16.6. The highest BCUT2D eigenvalue weighted by Crippen LogP contribution is 2.17. The molecule has 6 nitrogen and oxygen atoms in total. The van der Waals surface area contributed by atoms with Crippen LogP contribution in [-0.2, 0) is 17.7 Å². The van der Waals surface area contributed by atoms with Crippen molar-refractivity contribution in [2.45, 2.75) is 39.3 Å². The third-order valence-corrected chi connectivity index (χ3v) is 2.63. The molecule has 1 N–H and O–H groups in total. The second-order valence-electron chi connectivity index (χ2n) is 5.34. The first-order valence-corrected chi connectivity index (χ1v) is 5.90. The number of H-pyrrole nitrogens is 1. The number of hydrogen-bond acceptors (Lipinski definition) is 4. The summed E-state index contributed by atoms with van der Waals surface area (Å²) in [5.74, 6) is 0. The Bertz CT molecular complexity index is 516. The zero-order chi connectivity index (χ0) is 13.3. The van der Waals surface area contributed by atoms with Gasteiger partial charge in [-0.3, -0.25) is 0 Å². The monoisotopic (exact) mass is 251 g/mol. The van der Waals surface area contributed by atoms with Crippen LogP contribution in [0.3, 0.4) is 0 Å². The Morgan fingerprint density at radius 1 is 1.50 bits per heavy atom. The van der Waals surface area contributed by atoms with Gasteiger partial charge in [0.25, 0.3) is 0 Å². The number of carbonyl (C=O) groups excluding carboxylic acids is 1. The number of nitrogens with one attached hydrogen (secondary N) is 1. The molecular weight excluding hydrogens is 234 g/mol. The Morgan fingerprint density at radius 2 is 2.22 bits per heavy atom. The summed E-state index contributed by atoms with van der Waals surface area (Å²) in [5.41, 5.74) is 0.877. The summed E-state index contributed by atoms with van der Waals surface area (Å²) < 4.78 is 5.31. The van der Waals surface area contributed by atoms with Gasteiger partial charge < -0.3 is 14.6 Å². The van der Waals surface area contributed by atoms with Crippen LogP contribution in [0, 0.1) is 0 Å². The molecule has 0 bridgehead atoms. The van der Waals surface area contributed by atoms with Crippen LogP contribution in [0.4, 0.5) is 4.79 Å². The van der Waals surface area contributed by atoms with Crippen LogP contribution in [0.5, 0.6) is 0 Å². The predicted molar refractivity (Wildman–Crippen MR) is 65.2 cm³/mol. The van der Waals surface area contributed by atoms with E-state index in [-0.39, 0.29) is 11.8 Å². The molecular formula is C12H17N3O3. The van der Waals surface area contributed by atoms with E-state index >= 15 is 0 Å². The number of amides is 1. The molecule has 2 rings (SSSR count). The second kappa shape index (κ2) is 4.44. The fraction of sp³-hybridized carbons (Fsp3) is 0.583. The Hall–Kier alpha value is -1.85. The third-order valence-electron chi connectivity index (χ3n) is 2.63. The van der Waals surface area contributed by atoms with Gasteiger partial charge in [0.15, 0.2) is 0 Å². The Labute approximate surface area is 105 Å². The molecule has 0 aliphatic carbocycles. The minimum atomic E-state index is -0.499. The van der Waals surface area contributed by atoms with E-state index in [2.05, 4.69) is 9.97 Å². The van der Waals surface area contributed by atoms with E-state index in [0.717, 1.165) is 11.3 Å². The first-order valence-electron chi connectivity index (χ1n) is 5.90. The minimum Gasteiger partial charge on any atom is -0.444 e. The number of aromatic amines is 1. The van der Waals surface area contributed by atoms with Crippen LogP contribution in [0.1, 0.15) is 32.0 Å². The smallest absolute Gasteiger partial charge is 0.410 e. The maximum absolute atomic E-state index is 11.9. The molecule has 0 fully saturated rings. The molecule has 1 aliphatic rings. The van der Waals surface area contributed by atoms with Gasteiger partial charge in [-0.2, -0.15) is 0 Å². The molecule has 1 amide bonds. The van der Waals surface area contributed by atoms with Crippen LogP contribution < -0.4 is 5.69 Å². The lowest BCUT2D eigenvalue weighted by molar-refractivity contribution is 0.0222. The summed E-state index contributed by atoms with van der Waals surface area (Å²) in [6.45, 7) is 6.47. The van der Waals surface area contributed by atoms with Crippen LogP contribution in [-0.4, -0.2) is 33.1 Å². The van der Waals surface area contributed by atoms with Crippen molar-refractivity contribution in [1.82, 2.24) is 14.9 Å². The Balaban J connectivity index is 2.10. The summed E-state index contributed by atoms with van der Waals surface area (Å²) in [5, 5.41) is 0. The first-order chi connectivity index (χ1) is 8.35. The average molecular weight is 251 g/mol. The molecule has 0 radical (unpaired) electrons. The fourth-order valence-electron chi connectivity index (χ4n) is 1.83. The van der Waals surface area contributed by atoms with Gasteiger partial charge in [0.2, 0.25) is 0 Å². The van der Waals surface area contributed by atoms with Crippen molar-refractivity contribution in [2.24, 2.45) is 0 Å². The van der Waals surface area contributed by atoms with E-state index in [0.29, 0.717) is 19.5 Å². The zero-order valence-electron chi connectivity index (χ0n) is 10.8. The lowest BCUT2D eigenvalue weighted by atomic mass is 10.1. The molecule has 0 aromatic carbocycles. The van der Waals surface area contributed by atoms with Crippen molar-refractivity contribution in [3.05, 3.63) is 27.9 Å². The molecule has 0 spiro atoms. The number of nitrogens with zero attached hydrogens (tertiary/aromatic N) is 2. The fourth-order valence-corrected chi connectivity index (χ4v) is 1.83. The van der Waals surface area contributed by atoms with E-state index in [4.69, 9.17) is 4.74 Å². The van der Waals surface area contributed by atoms with E-state index in [1.807, 2.05) is 20.8 Å². The molecule has 0 unspecified atom stereocenters. The highest BCUT2D eigenvalue weighted by Gasteiger charge is 2.26. The molecule has 0 saturated heterocycles. The number of ether oxygens (including phenoxy) is 1. The average Bonchev–Trinajstić information content (AvgIpc) is 2.26. The molecule has 1 aromatic heterocycles. The summed E-state index contributed by atoms with van der Waals surface area (Å²) in [7, 11) is 0. The van der Waals surface area contributed by atoms with Gasteiger partial charge in [0, 0.05) is 30.4 Å². The quantitative estimate of drug-likeness (QED) is 0.748. The van der Waals surface area contributed by atoms with E-state index in [9.17, 15) is 9.59 Å². The Kier molecular flexibility index (Phi) is 3.11. The molecule has 98 valence electrons. The topological polar surface area (TPSA) is 75.3 Å². The van der Waals surface area contributed by atoms with Crippen molar-refractivity contribution in [2.75, 3.05) is 6.54 Å². The minimum absolute atomic E-state index is 0.334. The number of hydrogen-bond donors (Lipinski definition) is 1. The molecule has 6 heteroatoms. The van der Waals surface area contributed by atoms with Crippen LogP contribution in [0.25, 0.3) is 0 Å². The second-order valence-corrected chi connectivity index (χ2v) is 5.34. The number of carbonyl (C=O) groups is 1. The molecule has 18 heavy (non-hydrogen) atoms. The summed E-state index contributed by atoms with van der Waals surface area (Å²) in [4.78, 5) is 31.0. The Morgan fingerprint density at radius 3 is 2.89 bits per heavy atom. The lowest BCUT2D eigenvalue weighted by Gasteiger charge is -2.30. The van der Waals surface area contributed by atoms with E-state index in [1.54, 1.807) is 4.90 Å². The van der Waals surface area contributed by atoms with Gasteiger partial charge in [0.05, 0.1) is 6.54 Å². The van der Waals surface area contributed by atoms with Crippen molar-refractivity contribution in [3.8, 4) is 0 Å². The van der Waals surface area contributed by atoms with Gasteiger partial charge in [-0.1, -0.05) is 0 Å². The normalized spacial score (nSPS) is 15.2. The van der Waals surface area contributed by atoms with Gasteiger partial charge in [-0.15, -0.1) is 0 Å². The van der Waals surface area contributed by atoms with Gasteiger partial charge >= 0.3 is 11.8 Å². The van der Waals surface area contributed by atoms with Crippen LogP contribution in [0.15, 0.2) is 11.0 Å². The standard InChI is InChI=1S/C12H17N3O3/c1-12(2,3)18-11(17)15-5-4-9-8(7-15)6-13-10(16)14-9/h6H,4-5,7H2,1-3H3,(H,13,14,16). The summed E-state index contributed by atoms with van der Waals surface area (Å²) >= 11 is 0. The predicted octanol–water partition coefficient (Wildman–Crippen LogP) is 1.06. The number of aromatic nitrogens is 2. The van der Waals surface area contributed by atoms with E-state index in [1.165, 1.54) is 6.20 Å². The van der Waals surface area contributed by atoms with Crippen LogP contribution in [0.2, 0.25) is 0 Å². The SMILES string of the molecule is CC(C)(C)OC(=O)N1CCc2[nH]c(=O)ncc2C1. The van der Waals surface area contributed by atoms with Gasteiger partial charge in [0.1, 0.15) is 5.60 Å². The third kappa shape index (κ3) is 2.88. The summed E-state index contributed by atoms with van der Waals surface area (Å²) in [6.07, 6.45) is 1.80. The molecule has 2 heterocycles. The largest absolute Gasteiger partial charge is 0.444 e. The number of rotatable bonds is 0. The lowest BCUT2D eigenvalue weighted by Crippen LogP contribution is -2.40. The van der Waals surface area contributed by atoms with Crippen molar-refractivity contribution >= 4 is 6.09 Å². The molecule has 1 aromatic rings. The summed E-state index contributed by atoms with van der Waals surface area (Å²) in [6, 6.07) is 0. The number of fused-ring (bicyclic) bond motifs is 1. The van der Waals surface area contributed by atoms with Crippen molar-refractivity contribution < 1.29 is 9.53 Å². The molecule has 0 atom stereocenters. The first kappa shape index (κ1) is 12.6. The van der Waals surface area contributed by atoms with E-state index < -0.39 is 5.60 Å².